The summed E-state index contributed by atoms with van der Waals surface area (Å²) in [4.78, 5) is 10.7. The third-order valence-corrected chi connectivity index (χ3v) is 1.40. The third kappa shape index (κ3) is 2.07. The van der Waals surface area contributed by atoms with Gasteiger partial charge in [-0.25, -0.2) is 4.90 Å². The largest absolute Gasteiger partial charge is 0.460 e. The van der Waals surface area contributed by atoms with Crippen molar-refractivity contribution in [3.8, 4) is 0 Å². The van der Waals surface area contributed by atoms with Crippen LogP contribution < -0.4 is 5.32 Å². The summed E-state index contributed by atoms with van der Waals surface area (Å²) < 4.78 is 35.6. The maximum absolute atomic E-state index is 11.9. The van der Waals surface area contributed by atoms with Gasteiger partial charge in [-0.1, -0.05) is 0 Å². The Morgan fingerprint density at radius 3 is 2.45 bits per heavy atom. The van der Waals surface area contributed by atoms with E-state index in [1.54, 1.807) is 0 Å². The van der Waals surface area contributed by atoms with Gasteiger partial charge in [0.1, 0.15) is 0 Å². The van der Waals surface area contributed by atoms with Crippen molar-refractivity contribution < 1.29 is 18.0 Å². The van der Waals surface area contributed by atoms with Gasteiger partial charge in [-0.05, 0) is 0 Å². The molecule has 0 saturated carbocycles. The highest BCUT2D eigenvalue weighted by atomic mass is 19.4. The summed E-state index contributed by atoms with van der Waals surface area (Å²) in [5, 5.41) is 2.30. The molecule has 0 unspecified atom stereocenters. The number of hydrogen-bond acceptors (Lipinski definition) is 2. The van der Waals surface area contributed by atoms with E-state index in [1.165, 1.54) is 0 Å². The first-order valence-corrected chi connectivity index (χ1v) is 3.08. The molecule has 3 nitrogen and oxygen atoms in total. The molecule has 0 aromatic heterocycles. The number of alkyl halides is 3. The SMILES string of the molecule is O=C1CN(C(F)(F)F)CCN1. The van der Waals surface area contributed by atoms with Crippen LogP contribution in [0.2, 0.25) is 0 Å². The van der Waals surface area contributed by atoms with Crippen LogP contribution in [-0.4, -0.2) is 36.7 Å². The van der Waals surface area contributed by atoms with E-state index in [9.17, 15) is 18.0 Å². The molecule has 0 spiro atoms. The van der Waals surface area contributed by atoms with Gasteiger partial charge in [0.15, 0.2) is 0 Å². The molecular formula is C5H7F3N2O. The molecule has 0 aromatic carbocycles. The van der Waals surface area contributed by atoms with E-state index in [0.717, 1.165) is 0 Å². The second-order valence-electron chi connectivity index (χ2n) is 2.24. The van der Waals surface area contributed by atoms with E-state index in [-0.39, 0.29) is 18.0 Å². The minimum absolute atomic E-state index is 0.0678. The Morgan fingerprint density at radius 1 is 1.45 bits per heavy atom. The van der Waals surface area contributed by atoms with Crippen LogP contribution in [0.4, 0.5) is 13.2 Å². The second kappa shape index (κ2) is 2.69. The molecule has 1 aliphatic heterocycles. The Balaban J connectivity index is 2.53. The Hall–Kier alpha value is -0.780. The molecule has 0 bridgehead atoms. The lowest BCUT2D eigenvalue weighted by Gasteiger charge is -2.27. The van der Waals surface area contributed by atoms with Crippen LogP contribution in [0.3, 0.4) is 0 Å². The van der Waals surface area contributed by atoms with Crippen LogP contribution in [0, 0.1) is 0 Å². The summed E-state index contributed by atoms with van der Waals surface area (Å²) in [5.41, 5.74) is 0. The first-order valence-electron chi connectivity index (χ1n) is 3.08. The van der Waals surface area contributed by atoms with Gasteiger partial charge in [0.25, 0.3) is 0 Å². The van der Waals surface area contributed by atoms with Gasteiger partial charge >= 0.3 is 6.30 Å². The van der Waals surface area contributed by atoms with Crippen molar-refractivity contribution in [3.05, 3.63) is 0 Å². The van der Waals surface area contributed by atoms with Gasteiger partial charge in [-0.3, -0.25) is 4.79 Å². The van der Waals surface area contributed by atoms with Gasteiger partial charge in [-0.2, -0.15) is 13.2 Å². The highest BCUT2D eigenvalue weighted by Crippen LogP contribution is 2.20. The summed E-state index contributed by atoms with van der Waals surface area (Å²) in [5.74, 6) is -0.575. The zero-order valence-electron chi connectivity index (χ0n) is 5.61. The second-order valence-corrected chi connectivity index (χ2v) is 2.24. The number of piperazine rings is 1. The van der Waals surface area contributed by atoms with Crippen LogP contribution >= 0.6 is 0 Å². The third-order valence-electron chi connectivity index (χ3n) is 1.40. The van der Waals surface area contributed by atoms with Crippen LogP contribution in [-0.2, 0) is 4.79 Å². The number of rotatable bonds is 0. The Morgan fingerprint density at radius 2 is 2.09 bits per heavy atom. The van der Waals surface area contributed by atoms with Crippen LogP contribution in [0.25, 0.3) is 0 Å². The molecular weight excluding hydrogens is 161 g/mol. The number of carbonyl (C=O) groups is 1. The van der Waals surface area contributed by atoms with Gasteiger partial charge in [0.05, 0.1) is 6.54 Å². The molecule has 1 amide bonds. The van der Waals surface area contributed by atoms with Gasteiger partial charge < -0.3 is 5.32 Å². The van der Waals surface area contributed by atoms with E-state index < -0.39 is 18.8 Å². The molecule has 64 valence electrons. The lowest BCUT2D eigenvalue weighted by atomic mass is 10.4. The highest BCUT2D eigenvalue weighted by molar-refractivity contribution is 5.78. The molecule has 0 radical (unpaired) electrons. The molecule has 0 aromatic rings. The molecule has 1 fully saturated rings. The lowest BCUT2D eigenvalue weighted by Crippen LogP contribution is -2.53. The minimum atomic E-state index is -4.38. The van der Waals surface area contributed by atoms with Crippen molar-refractivity contribution in [2.45, 2.75) is 6.30 Å². The van der Waals surface area contributed by atoms with E-state index in [1.807, 2.05) is 0 Å². The fourth-order valence-corrected chi connectivity index (χ4v) is 0.855. The first-order chi connectivity index (χ1) is 5.00. The number of nitrogens with zero attached hydrogens (tertiary/aromatic N) is 1. The molecule has 1 rings (SSSR count). The number of hydrogen-bond donors (Lipinski definition) is 1. The molecule has 1 heterocycles. The summed E-state index contributed by atoms with van der Waals surface area (Å²) >= 11 is 0. The Labute approximate surface area is 61.2 Å². The molecule has 6 heteroatoms. The van der Waals surface area contributed by atoms with E-state index >= 15 is 0 Å². The van der Waals surface area contributed by atoms with Crippen LogP contribution in [0.1, 0.15) is 0 Å². The molecule has 0 atom stereocenters. The predicted octanol–water partition coefficient (Wildman–Crippen LogP) is -0.0620. The molecule has 1 saturated heterocycles. The maximum atomic E-state index is 11.9. The lowest BCUT2D eigenvalue weighted by molar-refractivity contribution is -0.246. The van der Waals surface area contributed by atoms with Crippen LogP contribution in [0.15, 0.2) is 0 Å². The number of carbonyl (C=O) groups excluding carboxylic acids is 1. The van der Waals surface area contributed by atoms with Crippen LogP contribution in [0.5, 0.6) is 0 Å². The summed E-state index contributed by atoms with van der Waals surface area (Å²) in [6.07, 6.45) is -4.38. The predicted molar refractivity (Wildman–Crippen MR) is 30.6 cm³/mol. The molecule has 0 aliphatic carbocycles. The average molecular weight is 168 g/mol. The van der Waals surface area contributed by atoms with Crippen molar-refractivity contribution in [1.29, 1.82) is 0 Å². The van der Waals surface area contributed by atoms with E-state index in [2.05, 4.69) is 5.32 Å². The standard InChI is InChI=1S/C5H7F3N2O/c6-5(7,8)10-2-1-9-4(11)3-10/h1-3H2,(H,9,11). The maximum Gasteiger partial charge on any atom is 0.460 e. The van der Waals surface area contributed by atoms with Crippen molar-refractivity contribution in [2.24, 2.45) is 0 Å². The quantitative estimate of drug-likeness (QED) is 0.514. The fourth-order valence-electron chi connectivity index (χ4n) is 0.855. The van der Waals surface area contributed by atoms with Gasteiger partial charge in [0, 0.05) is 13.1 Å². The van der Waals surface area contributed by atoms with Crippen molar-refractivity contribution in [3.63, 3.8) is 0 Å². The fraction of sp³-hybridized carbons (Fsp3) is 0.800. The van der Waals surface area contributed by atoms with Crippen molar-refractivity contribution in [2.75, 3.05) is 19.6 Å². The molecule has 1 aliphatic rings. The van der Waals surface area contributed by atoms with Gasteiger partial charge in [-0.15, -0.1) is 0 Å². The van der Waals surface area contributed by atoms with Gasteiger partial charge in [0.2, 0.25) is 5.91 Å². The number of halogens is 3. The zero-order chi connectivity index (χ0) is 8.48. The Bertz CT molecular complexity index is 168. The minimum Gasteiger partial charge on any atom is -0.354 e. The molecule has 11 heavy (non-hydrogen) atoms. The summed E-state index contributed by atoms with van der Waals surface area (Å²) in [6.45, 7) is -0.670. The zero-order valence-corrected chi connectivity index (χ0v) is 5.61. The van der Waals surface area contributed by atoms with Crippen molar-refractivity contribution in [1.82, 2.24) is 10.2 Å². The Kier molecular flexibility index (Phi) is 2.03. The monoisotopic (exact) mass is 168 g/mol. The number of nitrogens with one attached hydrogen (secondary N) is 1. The topological polar surface area (TPSA) is 32.3 Å². The smallest absolute Gasteiger partial charge is 0.354 e. The molecule has 1 N–H and O–H groups in total. The first kappa shape index (κ1) is 8.32. The van der Waals surface area contributed by atoms with E-state index in [4.69, 9.17) is 0 Å². The average Bonchev–Trinajstić information content (AvgIpc) is 1.86. The highest BCUT2D eigenvalue weighted by Gasteiger charge is 2.39. The summed E-state index contributed by atoms with van der Waals surface area (Å²) in [6, 6.07) is 0. The van der Waals surface area contributed by atoms with Crippen molar-refractivity contribution >= 4 is 5.91 Å². The summed E-state index contributed by atoms with van der Waals surface area (Å²) in [7, 11) is 0. The normalized spacial score (nSPS) is 21.5. The van der Waals surface area contributed by atoms with E-state index in [0.29, 0.717) is 0 Å². The number of amides is 1.